The van der Waals surface area contributed by atoms with Crippen molar-refractivity contribution in [3.8, 4) is 0 Å². The summed E-state index contributed by atoms with van der Waals surface area (Å²) in [5.74, 6) is -0.189. The standard InChI is InChI=1S/C22H23N5O2/c1-15-20(16(2)27(25-15)14-17-6-4-3-5-7-17)21(28)24-18-8-10-19(11-9-18)26-13-12-23-22(26)29/h3-11H,12-14H2,1-2H3,(H,23,29)(H,24,28). The van der Waals surface area contributed by atoms with Crippen molar-refractivity contribution >= 4 is 23.3 Å². The first-order valence-electron chi connectivity index (χ1n) is 9.57. The van der Waals surface area contributed by atoms with E-state index in [0.29, 0.717) is 36.6 Å². The third-order valence-electron chi connectivity index (χ3n) is 5.08. The van der Waals surface area contributed by atoms with Crippen LogP contribution in [0.1, 0.15) is 27.3 Å². The highest BCUT2D eigenvalue weighted by molar-refractivity contribution is 6.06. The lowest BCUT2D eigenvalue weighted by atomic mass is 10.1. The van der Waals surface area contributed by atoms with Crippen LogP contribution in [0.5, 0.6) is 0 Å². The molecule has 1 aliphatic rings. The molecule has 0 radical (unpaired) electrons. The number of carbonyl (C=O) groups excluding carboxylic acids is 2. The first-order valence-corrected chi connectivity index (χ1v) is 9.57. The minimum Gasteiger partial charge on any atom is -0.336 e. The van der Waals surface area contributed by atoms with Crippen LogP contribution in [-0.2, 0) is 6.54 Å². The predicted molar refractivity (Wildman–Crippen MR) is 112 cm³/mol. The minimum atomic E-state index is -0.189. The van der Waals surface area contributed by atoms with Crippen LogP contribution in [0.2, 0.25) is 0 Å². The van der Waals surface area contributed by atoms with Gasteiger partial charge in [-0.15, -0.1) is 0 Å². The van der Waals surface area contributed by atoms with Crippen molar-refractivity contribution in [1.29, 1.82) is 0 Å². The Morgan fingerprint density at radius 1 is 1.10 bits per heavy atom. The van der Waals surface area contributed by atoms with E-state index in [1.807, 2.05) is 61.0 Å². The summed E-state index contributed by atoms with van der Waals surface area (Å²) in [5.41, 5.74) is 4.72. The number of nitrogens with zero attached hydrogens (tertiary/aromatic N) is 3. The van der Waals surface area contributed by atoms with Crippen molar-refractivity contribution in [2.24, 2.45) is 0 Å². The molecule has 0 saturated carbocycles. The van der Waals surface area contributed by atoms with Crippen LogP contribution < -0.4 is 15.5 Å². The van der Waals surface area contributed by atoms with Gasteiger partial charge in [0.15, 0.2) is 0 Å². The van der Waals surface area contributed by atoms with E-state index in [1.165, 1.54) is 0 Å². The molecule has 7 nitrogen and oxygen atoms in total. The molecule has 1 aromatic heterocycles. The van der Waals surface area contributed by atoms with Gasteiger partial charge in [-0.1, -0.05) is 30.3 Å². The Bertz CT molecular complexity index is 1040. The Morgan fingerprint density at radius 2 is 1.83 bits per heavy atom. The van der Waals surface area contributed by atoms with Crippen LogP contribution in [0.25, 0.3) is 0 Å². The molecule has 1 saturated heterocycles. The highest BCUT2D eigenvalue weighted by Crippen LogP contribution is 2.21. The second-order valence-electron chi connectivity index (χ2n) is 7.07. The number of anilines is 2. The number of aryl methyl sites for hydroxylation is 1. The highest BCUT2D eigenvalue weighted by Gasteiger charge is 2.22. The van der Waals surface area contributed by atoms with Crippen LogP contribution in [0.15, 0.2) is 54.6 Å². The minimum absolute atomic E-state index is 0.0983. The van der Waals surface area contributed by atoms with Gasteiger partial charge in [-0.2, -0.15) is 5.10 Å². The molecule has 3 amide bonds. The van der Waals surface area contributed by atoms with Gasteiger partial charge in [0, 0.05) is 30.2 Å². The zero-order valence-corrected chi connectivity index (χ0v) is 16.5. The predicted octanol–water partition coefficient (Wildman–Crippen LogP) is 3.33. The van der Waals surface area contributed by atoms with E-state index in [0.717, 1.165) is 16.9 Å². The van der Waals surface area contributed by atoms with Gasteiger partial charge in [-0.25, -0.2) is 4.79 Å². The molecule has 0 atom stereocenters. The summed E-state index contributed by atoms with van der Waals surface area (Å²) in [5, 5.41) is 10.3. The molecule has 0 aliphatic carbocycles. The molecule has 0 bridgehead atoms. The molecule has 3 aromatic rings. The third-order valence-corrected chi connectivity index (χ3v) is 5.08. The Kier molecular flexibility index (Phi) is 5.03. The topological polar surface area (TPSA) is 79.3 Å². The third kappa shape index (κ3) is 3.85. The molecule has 29 heavy (non-hydrogen) atoms. The summed E-state index contributed by atoms with van der Waals surface area (Å²) in [6, 6.07) is 17.2. The largest absolute Gasteiger partial charge is 0.336 e. The van der Waals surface area contributed by atoms with Gasteiger partial charge in [0.05, 0.1) is 17.8 Å². The summed E-state index contributed by atoms with van der Waals surface area (Å²) in [7, 11) is 0. The number of urea groups is 1. The van der Waals surface area contributed by atoms with E-state index in [9.17, 15) is 9.59 Å². The average molecular weight is 389 g/mol. The quantitative estimate of drug-likeness (QED) is 0.702. The van der Waals surface area contributed by atoms with Gasteiger partial charge in [0.1, 0.15) is 0 Å². The zero-order valence-electron chi connectivity index (χ0n) is 16.5. The van der Waals surface area contributed by atoms with Gasteiger partial charge in [0.2, 0.25) is 0 Å². The normalized spacial score (nSPS) is 13.4. The van der Waals surface area contributed by atoms with Crippen molar-refractivity contribution < 1.29 is 9.59 Å². The van der Waals surface area contributed by atoms with E-state index in [4.69, 9.17) is 0 Å². The first kappa shape index (κ1) is 18.7. The number of nitrogens with one attached hydrogen (secondary N) is 2. The Morgan fingerprint density at radius 3 is 2.48 bits per heavy atom. The molecule has 7 heteroatoms. The maximum Gasteiger partial charge on any atom is 0.321 e. The lowest BCUT2D eigenvalue weighted by Crippen LogP contribution is -2.27. The first-order chi connectivity index (χ1) is 14.0. The summed E-state index contributed by atoms with van der Waals surface area (Å²) in [4.78, 5) is 26.3. The molecule has 148 valence electrons. The molecule has 4 rings (SSSR count). The molecule has 2 aromatic carbocycles. The summed E-state index contributed by atoms with van der Waals surface area (Å²) in [6.07, 6.45) is 0. The maximum absolute atomic E-state index is 12.9. The number of aromatic nitrogens is 2. The number of carbonyl (C=O) groups is 2. The van der Waals surface area contributed by atoms with Crippen LogP contribution in [0.3, 0.4) is 0 Å². The number of amides is 3. The van der Waals surface area contributed by atoms with E-state index < -0.39 is 0 Å². The molecule has 2 N–H and O–H groups in total. The lowest BCUT2D eigenvalue weighted by molar-refractivity contribution is 0.102. The Balaban J connectivity index is 1.49. The summed E-state index contributed by atoms with van der Waals surface area (Å²) < 4.78 is 1.86. The lowest BCUT2D eigenvalue weighted by Gasteiger charge is -2.14. The molecular weight excluding hydrogens is 366 g/mol. The fourth-order valence-corrected chi connectivity index (χ4v) is 3.57. The van der Waals surface area contributed by atoms with E-state index in [1.54, 1.807) is 17.0 Å². The number of rotatable bonds is 5. The van der Waals surface area contributed by atoms with Crippen molar-refractivity contribution in [2.75, 3.05) is 23.3 Å². The van der Waals surface area contributed by atoms with E-state index in [2.05, 4.69) is 15.7 Å². The zero-order chi connectivity index (χ0) is 20.4. The fourth-order valence-electron chi connectivity index (χ4n) is 3.57. The highest BCUT2D eigenvalue weighted by atomic mass is 16.2. The summed E-state index contributed by atoms with van der Waals surface area (Å²) >= 11 is 0. The summed E-state index contributed by atoms with van der Waals surface area (Å²) in [6.45, 7) is 5.66. The molecule has 0 unspecified atom stereocenters. The van der Waals surface area contributed by atoms with E-state index in [-0.39, 0.29) is 11.9 Å². The second kappa shape index (κ2) is 7.79. The molecule has 0 spiro atoms. The fraction of sp³-hybridized carbons (Fsp3) is 0.227. The Labute approximate surface area is 169 Å². The van der Waals surface area contributed by atoms with Gasteiger partial charge in [-0.05, 0) is 43.7 Å². The number of hydrogen-bond acceptors (Lipinski definition) is 3. The number of benzene rings is 2. The number of hydrogen-bond donors (Lipinski definition) is 2. The maximum atomic E-state index is 12.9. The van der Waals surface area contributed by atoms with Crippen LogP contribution in [-0.4, -0.2) is 34.8 Å². The van der Waals surface area contributed by atoms with Crippen molar-refractivity contribution in [1.82, 2.24) is 15.1 Å². The molecule has 1 fully saturated rings. The molecular formula is C22H23N5O2. The van der Waals surface area contributed by atoms with Crippen LogP contribution in [0.4, 0.5) is 16.2 Å². The van der Waals surface area contributed by atoms with E-state index >= 15 is 0 Å². The van der Waals surface area contributed by atoms with Gasteiger partial charge >= 0.3 is 6.03 Å². The van der Waals surface area contributed by atoms with Crippen LogP contribution in [0, 0.1) is 13.8 Å². The SMILES string of the molecule is Cc1nn(Cc2ccccc2)c(C)c1C(=O)Nc1ccc(N2CCNC2=O)cc1. The monoisotopic (exact) mass is 389 g/mol. The van der Waals surface area contributed by atoms with Crippen molar-refractivity contribution in [2.45, 2.75) is 20.4 Å². The van der Waals surface area contributed by atoms with Gasteiger partial charge in [-0.3, -0.25) is 14.4 Å². The van der Waals surface area contributed by atoms with Gasteiger partial charge in [0.25, 0.3) is 5.91 Å². The van der Waals surface area contributed by atoms with Crippen molar-refractivity contribution in [3.05, 3.63) is 77.1 Å². The molecule has 2 heterocycles. The molecule has 1 aliphatic heterocycles. The second-order valence-corrected chi connectivity index (χ2v) is 7.07. The Hall–Kier alpha value is -3.61. The van der Waals surface area contributed by atoms with Crippen LogP contribution >= 0.6 is 0 Å². The van der Waals surface area contributed by atoms with Gasteiger partial charge < -0.3 is 10.6 Å². The van der Waals surface area contributed by atoms with Crippen molar-refractivity contribution in [3.63, 3.8) is 0 Å². The smallest absolute Gasteiger partial charge is 0.321 e. The average Bonchev–Trinajstić information content (AvgIpc) is 3.26.